The molecule has 2 rings (SSSR count). The molecule has 5 heteroatoms. The molecule has 0 saturated carbocycles. The van der Waals surface area contributed by atoms with Crippen molar-refractivity contribution in [3.8, 4) is 0 Å². The van der Waals surface area contributed by atoms with Gasteiger partial charge in [0, 0.05) is 12.8 Å². The van der Waals surface area contributed by atoms with Crippen LogP contribution < -0.4 is 0 Å². The summed E-state index contributed by atoms with van der Waals surface area (Å²) in [7, 11) is 0. The smallest absolute Gasteiger partial charge is 0.339 e. The van der Waals surface area contributed by atoms with E-state index in [2.05, 4.69) is 5.10 Å². The Morgan fingerprint density at radius 3 is 3.13 bits per heavy atom. The predicted molar refractivity (Wildman–Crippen MR) is 52.9 cm³/mol. The van der Waals surface area contributed by atoms with Gasteiger partial charge in [-0.3, -0.25) is 4.68 Å². The fourth-order valence-electron chi connectivity index (χ4n) is 1.82. The van der Waals surface area contributed by atoms with E-state index < -0.39 is 5.97 Å². The van der Waals surface area contributed by atoms with Crippen LogP contribution in [0.15, 0.2) is 6.20 Å². The maximum Gasteiger partial charge on any atom is 0.339 e. The van der Waals surface area contributed by atoms with Crippen molar-refractivity contribution in [2.45, 2.75) is 32.4 Å². The van der Waals surface area contributed by atoms with Gasteiger partial charge >= 0.3 is 5.97 Å². The first kappa shape index (κ1) is 10.2. The minimum Gasteiger partial charge on any atom is -0.478 e. The van der Waals surface area contributed by atoms with Crippen LogP contribution in [0.1, 0.15) is 28.9 Å². The molecule has 1 saturated heterocycles. The Balaban J connectivity index is 2.08. The minimum atomic E-state index is -0.925. The third-order valence-corrected chi connectivity index (χ3v) is 2.59. The van der Waals surface area contributed by atoms with Crippen molar-refractivity contribution in [1.82, 2.24) is 9.78 Å². The van der Waals surface area contributed by atoms with Gasteiger partial charge in [0.2, 0.25) is 0 Å². The third kappa shape index (κ3) is 2.18. The lowest BCUT2D eigenvalue weighted by Gasteiger charge is -2.08. The van der Waals surface area contributed by atoms with E-state index in [1.165, 1.54) is 0 Å². The Hall–Kier alpha value is -1.36. The first-order valence-corrected chi connectivity index (χ1v) is 5.06. The second-order valence-corrected chi connectivity index (χ2v) is 3.79. The molecule has 15 heavy (non-hydrogen) atoms. The molecule has 1 unspecified atom stereocenters. The van der Waals surface area contributed by atoms with Crippen molar-refractivity contribution in [2.75, 3.05) is 6.61 Å². The molecule has 5 nitrogen and oxygen atoms in total. The highest BCUT2D eigenvalue weighted by molar-refractivity contribution is 5.88. The van der Waals surface area contributed by atoms with Gasteiger partial charge in [-0.25, -0.2) is 4.79 Å². The first-order chi connectivity index (χ1) is 7.16. The summed E-state index contributed by atoms with van der Waals surface area (Å²) in [6, 6.07) is 0. The minimum absolute atomic E-state index is 0.186. The van der Waals surface area contributed by atoms with Crippen molar-refractivity contribution in [3.05, 3.63) is 17.5 Å². The number of carbonyl (C=O) groups is 1. The van der Waals surface area contributed by atoms with Crippen molar-refractivity contribution < 1.29 is 14.6 Å². The first-order valence-electron chi connectivity index (χ1n) is 5.06. The Kier molecular flexibility index (Phi) is 2.73. The lowest BCUT2D eigenvalue weighted by Crippen LogP contribution is -2.15. The molecule has 2 heterocycles. The molecule has 1 aromatic rings. The van der Waals surface area contributed by atoms with Crippen LogP contribution in [0, 0.1) is 6.92 Å². The van der Waals surface area contributed by atoms with Crippen LogP contribution in [-0.2, 0) is 11.3 Å². The average Bonchev–Trinajstić information content (AvgIpc) is 2.75. The summed E-state index contributed by atoms with van der Waals surface area (Å²) >= 11 is 0. The van der Waals surface area contributed by atoms with Gasteiger partial charge < -0.3 is 9.84 Å². The summed E-state index contributed by atoms with van der Waals surface area (Å²) < 4.78 is 7.12. The molecule has 0 amide bonds. The second kappa shape index (κ2) is 4.02. The number of aryl methyl sites for hydroxylation is 1. The Labute approximate surface area is 87.7 Å². The summed E-state index contributed by atoms with van der Waals surface area (Å²) in [5, 5.41) is 13.0. The van der Waals surface area contributed by atoms with Crippen LogP contribution in [0.2, 0.25) is 0 Å². The van der Waals surface area contributed by atoms with Crippen molar-refractivity contribution in [2.24, 2.45) is 0 Å². The van der Waals surface area contributed by atoms with E-state index >= 15 is 0 Å². The van der Waals surface area contributed by atoms with Gasteiger partial charge in [-0.15, -0.1) is 0 Å². The SMILES string of the molecule is Cc1nn(CC2CCCO2)cc1C(=O)O. The van der Waals surface area contributed by atoms with Crippen molar-refractivity contribution >= 4 is 5.97 Å². The number of carboxylic acid groups (broad SMARTS) is 1. The van der Waals surface area contributed by atoms with E-state index in [4.69, 9.17) is 9.84 Å². The highest BCUT2D eigenvalue weighted by Crippen LogP contribution is 2.14. The summed E-state index contributed by atoms with van der Waals surface area (Å²) in [6.07, 6.45) is 3.86. The highest BCUT2D eigenvalue weighted by atomic mass is 16.5. The molecule has 1 atom stereocenters. The Bertz CT molecular complexity index is 367. The maximum absolute atomic E-state index is 10.8. The Morgan fingerprint density at radius 2 is 2.60 bits per heavy atom. The number of aromatic carboxylic acids is 1. The molecule has 1 aliphatic rings. The second-order valence-electron chi connectivity index (χ2n) is 3.79. The van der Waals surface area contributed by atoms with Gasteiger partial charge in [-0.1, -0.05) is 0 Å². The zero-order chi connectivity index (χ0) is 10.8. The lowest BCUT2D eigenvalue weighted by molar-refractivity contribution is 0.0695. The molecule has 0 aliphatic carbocycles. The molecule has 1 fully saturated rings. The normalized spacial score (nSPS) is 20.7. The van der Waals surface area contributed by atoms with Gasteiger partial charge in [-0.05, 0) is 19.8 Å². The zero-order valence-corrected chi connectivity index (χ0v) is 8.64. The molecule has 1 aromatic heterocycles. The van der Waals surface area contributed by atoms with E-state index in [1.807, 2.05) is 0 Å². The molecular formula is C10H14N2O3. The zero-order valence-electron chi connectivity index (χ0n) is 8.64. The molecule has 0 spiro atoms. The number of rotatable bonds is 3. The average molecular weight is 210 g/mol. The van der Waals surface area contributed by atoms with Crippen LogP contribution in [0.3, 0.4) is 0 Å². The predicted octanol–water partition coefficient (Wildman–Crippen LogP) is 1.07. The van der Waals surface area contributed by atoms with Crippen LogP contribution >= 0.6 is 0 Å². The number of ether oxygens (including phenoxy) is 1. The van der Waals surface area contributed by atoms with E-state index in [0.717, 1.165) is 19.4 Å². The molecule has 1 aliphatic heterocycles. The van der Waals surface area contributed by atoms with Gasteiger partial charge in [0.05, 0.1) is 18.3 Å². The Morgan fingerprint density at radius 1 is 1.80 bits per heavy atom. The van der Waals surface area contributed by atoms with Crippen LogP contribution in [-0.4, -0.2) is 33.6 Å². The highest BCUT2D eigenvalue weighted by Gasteiger charge is 2.18. The summed E-state index contributed by atoms with van der Waals surface area (Å²) in [5.74, 6) is -0.925. The molecule has 0 radical (unpaired) electrons. The maximum atomic E-state index is 10.8. The fraction of sp³-hybridized carbons (Fsp3) is 0.600. The van der Waals surface area contributed by atoms with Crippen molar-refractivity contribution in [1.29, 1.82) is 0 Å². The van der Waals surface area contributed by atoms with Crippen LogP contribution in [0.4, 0.5) is 0 Å². The number of aromatic nitrogens is 2. The van der Waals surface area contributed by atoms with Gasteiger partial charge in [0.15, 0.2) is 0 Å². The molecule has 1 N–H and O–H groups in total. The lowest BCUT2D eigenvalue weighted by atomic mass is 10.2. The van der Waals surface area contributed by atoms with Gasteiger partial charge in [0.25, 0.3) is 0 Å². The number of carboxylic acids is 1. The molecule has 82 valence electrons. The van der Waals surface area contributed by atoms with E-state index in [1.54, 1.807) is 17.8 Å². The topological polar surface area (TPSA) is 64.4 Å². The third-order valence-electron chi connectivity index (χ3n) is 2.59. The monoisotopic (exact) mass is 210 g/mol. The fourth-order valence-corrected chi connectivity index (χ4v) is 1.82. The number of hydrogen-bond acceptors (Lipinski definition) is 3. The molecule has 0 aromatic carbocycles. The molecule has 0 bridgehead atoms. The standard InChI is InChI=1S/C10H14N2O3/c1-7-9(10(13)14)6-12(11-7)5-8-3-2-4-15-8/h6,8H,2-5H2,1H3,(H,13,14). The molecular weight excluding hydrogens is 196 g/mol. The summed E-state index contributed by atoms with van der Waals surface area (Å²) in [4.78, 5) is 10.8. The van der Waals surface area contributed by atoms with E-state index in [0.29, 0.717) is 12.2 Å². The largest absolute Gasteiger partial charge is 0.478 e. The van der Waals surface area contributed by atoms with E-state index in [-0.39, 0.29) is 11.7 Å². The van der Waals surface area contributed by atoms with Gasteiger partial charge in [-0.2, -0.15) is 5.10 Å². The summed E-state index contributed by atoms with van der Waals surface area (Å²) in [5.41, 5.74) is 0.827. The van der Waals surface area contributed by atoms with E-state index in [9.17, 15) is 4.79 Å². The van der Waals surface area contributed by atoms with Crippen LogP contribution in [0.25, 0.3) is 0 Å². The van der Waals surface area contributed by atoms with Crippen molar-refractivity contribution in [3.63, 3.8) is 0 Å². The quantitative estimate of drug-likeness (QED) is 0.810. The summed E-state index contributed by atoms with van der Waals surface area (Å²) in [6.45, 7) is 3.15. The number of nitrogens with zero attached hydrogens (tertiary/aromatic N) is 2. The number of hydrogen-bond donors (Lipinski definition) is 1. The van der Waals surface area contributed by atoms with Crippen LogP contribution in [0.5, 0.6) is 0 Å². The van der Waals surface area contributed by atoms with Gasteiger partial charge in [0.1, 0.15) is 5.56 Å².